The number of fused-ring (bicyclic) bond motifs is 2. The third kappa shape index (κ3) is 7.87. The first kappa shape index (κ1) is 38.7. The van der Waals surface area contributed by atoms with Crippen LogP contribution >= 0.6 is 0 Å². The van der Waals surface area contributed by atoms with Crippen LogP contribution in [0.5, 0.6) is 5.75 Å². The number of rotatable bonds is 10. The van der Waals surface area contributed by atoms with Crippen LogP contribution in [0.2, 0.25) is 0 Å². The van der Waals surface area contributed by atoms with Crippen molar-refractivity contribution in [2.75, 3.05) is 56.7 Å². The Morgan fingerprint density at radius 2 is 1.78 bits per heavy atom. The van der Waals surface area contributed by atoms with Gasteiger partial charge in [-0.25, -0.2) is 18.7 Å². The van der Waals surface area contributed by atoms with Crippen LogP contribution in [0.1, 0.15) is 67.3 Å². The van der Waals surface area contributed by atoms with E-state index in [4.69, 9.17) is 19.7 Å². The molecule has 2 aromatic carbocycles. The normalized spacial score (nSPS) is 19.7. The van der Waals surface area contributed by atoms with Gasteiger partial charge in [-0.15, -0.1) is 5.10 Å². The Kier molecular flexibility index (Phi) is 9.89. The van der Waals surface area contributed by atoms with E-state index < -0.39 is 23.7 Å². The van der Waals surface area contributed by atoms with Crippen LogP contribution in [-0.4, -0.2) is 111 Å². The van der Waals surface area contributed by atoms with E-state index >= 15 is 0 Å². The zero-order chi connectivity index (χ0) is 41.1. The van der Waals surface area contributed by atoms with Crippen LogP contribution in [0.25, 0.3) is 16.9 Å². The number of piperidine rings is 1. The van der Waals surface area contributed by atoms with E-state index in [2.05, 4.69) is 54.4 Å². The lowest BCUT2D eigenvalue weighted by atomic mass is 9.72. The number of halogens is 1. The monoisotopic (exact) mass is 802 g/mol. The number of nitrogens with zero attached hydrogens (tertiary/aromatic N) is 9. The number of aromatic nitrogens is 5. The molecule has 59 heavy (non-hydrogen) atoms. The summed E-state index contributed by atoms with van der Waals surface area (Å²) in [7, 11) is 3.64. The first-order valence-electron chi connectivity index (χ1n) is 20.5. The Bertz CT molecular complexity index is 2360. The zero-order valence-corrected chi connectivity index (χ0v) is 34.3. The topological polar surface area (TPSA) is 134 Å². The average molecular weight is 803 g/mol. The van der Waals surface area contributed by atoms with E-state index in [1.165, 1.54) is 6.20 Å². The molecule has 1 saturated carbocycles. The molecule has 2 amide bonds. The van der Waals surface area contributed by atoms with Gasteiger partial charge in [0.2, 0.25) is 0 Å². The summed E-state index contributed by atoms with van der Waals surface area (Å²) in [6.07, 6.45) is 3.31. The lowest BCUT2D eigenvalue weighted by Gasteiger charge is -2.54. The number of hydrogen-bond acceptors (Lipinski definition) is 11. The third-order valence-corrected chi connectivity index (χ3v) is 12.0. The van der Waals surface area contributed by atoms with Crippen LogP contribution in [0.4, 0.5) is 26.4 Å². The molecule has 0 unspecified atom stereocenters. The van der Waals surface area contributed by atoms with Crippen molar-refractivity contribution in [3.63, 3.8) is 0 Å². The van der Waals surface area contributed by atoms with Crippen molar-refractivity contribution in [1.82, 2.24) is 39.9 Å². The number of hydrogen-bond donors (Lipinski definition) is 1. The van der Waals surface area contributed by atoms with E-state index in [1.54, 1.807) is 11.6 Å². The van der Waals surface area contributed by atoms with E-state index in [-0.39, 0.29) is 17.2 Å². The van der Waals surface area contributed by atoms with Gasteiger partial charge in [-0.05, 0) is 86.9 Å². The second kappa shape index (κ2) is 15.1. The molecule has 1 spiro atoms. The quantitative estimate of drug-likeness (QED) is 0.173. The zero-order valence-electron chi connectivity index (χ0n) is 34.3. The molecule has 1 N–H and O–H groups in total. The summed E-state index contributed by atoms with van der Waals surface area (Å²) in [4.78, 5) is 39.1. The summed E-state index contributed by atoms with van der Waals surface area (Å²) in [6.45, 7) is 11.1. The van der Waals surface area contributed by atoms with Crippen LogP contribution in [-0.2, 0) is 24.2 Å². The van der Waals surface area contributed by atoms with E-state index in [1.807, 2.05) is 69.1 Å². The number of alkyl halides is 1. The average Bonchev–Trinajstić information content (AvgIpc) is 3.53. The summed E-state index contributed by atoms with van der Waals surface area (Å²) in [5.41, 5.74) is 7.33. The maximum atomic E-state index is 13.8. The Balaban J connectivity index is 0.917. The fourth-order valence-electron chi connectivity index (χ4n) is 8.70. The summed E-state index contributed by atoms with van der Waals surface area (Å²) in [5.74, 6) is 1.04. The molecule has 3 fully saturated rings. The highest BCUT2D eigenvalue weighted by Gasteiger charge is 2.46. The van der Waals surface area contributed by atoms with Gasteiger partial charge in [0.25, 0.3) is 5.91 Å². The van der Waals surface area contributed by atoms with Gasteiger partial charge >= 0.3 is 6.09 Å². The summed E-state index contributed by atoms with van der Waals surface area (Å²) < 4.78 is 26.3. The third-order valence-electron chi connectivity index (χ3n) is 12.0. The minimum Gasteiger partial charge on any atom is -0.497 e. The Labute approximate surface area is 343 Å². The number of benzene rings is 2. The fourth-order valence-corrected chi connectivity index (χ4v) is 8.70. The second-order valence-corrected chi connectivity index (χ2v) is 17.5. The van der Waals surface area contributed by atoms with E-state index in [0.29, 0.717) is 31.0 Å². The van der Waals surface area contributed by atoms with Crippen LogP contribution in [0.15, 0.2) is 66.9 Å². The van der Waals surface area contributed by atoms with E-state index in [9.17, 15) is 14.0 Å². The molecular weight excluding hydrogens is 752 g/mol. The number of carbonyl (C=O) groups excluding carboxylic acids is 2. The number of likely N-dealkylation sites (tertiary alicyclic amines) is 2. The molecule has 2 saturated heterocycles. The Morgan fingerprint density at radius 1 is 1.02 bits per heavy atom. The molecule has 0 radical (unpaired) electrons. The Morgan fingerprint density at radius 3 is 2.46 bits per heavy atom. The van der Waals surface area contributed by atoms with Gasteiger partial charge in [0, 0.05) is 76.6 Å². The van der Waals surface area contributed by atoms with Crippen molar-refractivity contribution in [2.45, 2.75) is 77.4 Å². The highest BCUT2D eigenvalue weighted by Crippen LogP contribution is 2.42. The van der Waals surface area contributed by atoms with Crippen molar-refractivity contribution in [3.05, 3.63) is 89.4 Å². The highest BCUT2D eigenvalue weighted by atomic mass is 19.1. The number of methoxy groups -OCH3 is 1. The van der Waals surface area contributed by atoms with Crippen molar-refractivity contribution in [3.8, 4) is 17.0 Å². The standard InChI is InChI=1S/C44H51FN10O4/c1-43(2,3)59-42(57)53-19-16-44(17-20-53)26-52(27-44)25-29-11-14-34(49-48-29)31-7-6-8-36-32(31)15-18-54(36)39-22-37(51(4)24-28-9-12-30(58-5)13-10-28)40-46-23-38(55(40)50-39)41(56)47-35-21-33(35)45/h6-14,22-23,33,35H,15-21,24-27H2,1-5H3,(H,47,56)/t33-,35+/m0/s1. The van der Waals surface area contributed by atoms with Crippen molar-refractivity contribution >= 4 is 34.8 Å². The Hall–Kier alpha value is -5.83. The van der Waals surface area contributed by atoms with E-state index in [0.717, 1.165) is 97.2 Å². The smallest absolute Gasteiger partial charge is 0.410 e. The number of imidazole rings is 1. The van der Waals surface area contributed by atoms with Crippen molar-refractivity contribution < 1.29 is 23.5 Å². The fraction of sp³-hybridized carbons (Fsp3) is 0.455. The summed E-state index contributed by atoms with van der Waals surface area (Å²) in [6, 6.07) is 19.8. The van der Waals surface area contributed by atoms with Crippen LogP contribution in [0, 0.1) is 5.41 Å². The number of amides is 2. The molecule has 1 aliphatic carbocycles. The van der Waals surface area contributed by atoms with Crippen molar-refractivity contribution in [2.24, 2.45) is 5.41 Å². The van der Waals surface area contributed by atoms with Gasteiger partial charge in [-0.2, -0.15) is 10.2 Å². The molecule has 3 aromatic heterocycles. The van der Waals surface area contributed by atoms with Crippen LogP contribution < -0.4 is 19.9 Å². The van der Waals surface area contributed by atoms with Gasteiger partial charge in [-0.1, -0.05) is 24.3 Å². The maximum absolute atomic E-state index is 13.8. The van der Waals surface area contributed by atoms with Gasteiger partial charge < -0.3 is 29.5 Å². The van der Waals surface area contributed by atoms with Gasteiger partial charge in [0.15, 0.2) is 17.2 Å². The largest absolute Gasteiger partial charge is 0.497 e. The molecule has 6 heterocycles. The number of carbonyl (C=O) groups is 2. The lowest BCUT2D eigenvalue weighted by Crippen LogP contribution is -2.60. The highest BCUT2D eigenvalue weighted by molar-refractivity contribution is 5.94. The summed E-state index contributed by atoms with van der Waals surface area (Å²) >= 11 is 0. The molecule has 308 valence electrons. The number of ether oxygens (including phenoxy) is 2. The molecule has 4 aliphatic rings. The molecular formula is C44H51FN10O4. The molecule has 2 atom stereocenters. The first-order valence-corrected chi connectivity index (χ1v) is 20.5. The van der Waals surface area contributed by atoms with Gasteiger partial charge in [0.1, 0.15) is 17.5 Å². The molecule has 9 rings (SSSR count). The van der Waals surface area contributed by atoms with Gasteiger partial charge in [-0.3, -0.25) is 9.69 Å². The number of anilines is 3. The van der Waals surface area contributed by atoms with Gasteiger partial charge in [0.05, 0.1) is 36.4 Å². The SMILES string of the molecule is COc1ccc(CN(C)c2cc(N3CCc4c(-c5ccc(CN6CC7(CCN(C(=O)OC(C)(C)C)CC7)C6)nn5)cccc43)nn3c(C(=O)N[C@@H]4C[C@@H]4F)cnc23)cc1. The minimum atomic E-state index is -1.03. The number of nitrogens with one attached hydrogen (secondary N) is 1. The lowest BCUT2D eigenvalue weighted by molar-refractivity contribution is -0.0556. The molecule has 14 nitrogen and oxygen atoms in total. The van der Waals surface area contributed by atoms with Crippen LogP contribution in [0.3, 0.4) is 0 Å². The maximum Gasteiger partial charge on any atom is 0.410 e. The molecule has 5 aromatic rings. The second-order valence-electron chi connectivity index (χ2n) is 17.5. The predicted octanol–water partition coefficient (Wildman–Crippen LogP) is 6.20. The predicted molar refractivity (Wildman–Crippen MR) is 222 cm³/mol. The minimum absolute atomic E-state index is 0.218. The molecule has 3 aliphatic heterocycles. The summed E-state index contributed by atoms with van der Waals surface area (Å²) in [5, 5.41) is 17.2. The first-order chi connectivity index (χ1) is 28.3. The molecule has 0 bridgehead atoms. The van der Waals surface area contributed by atoms with Crippen molar-refractivity contribution in [1.29, 1.82) is 0 Å². The molecule has 15 heteroatoms.